The second kappa shape index (κ2) is 43.5. The molecule has 0 aromatic rings. The summed E-state index contributed by atoms with van der Waals surface area (Å²) in [7, 11) is 1.36. The average Bonchev–Trinajstić information content (AvgIpc) is 3.23. The highest BCUT2D eigenvalue weighted by Crippen LogP contribution is 2.43. The number of hydrogen-bond acceptors (Lipinski definition) is 8. The largest absolute Gasteiger partial charge is 0.472 e. The standard InChI is InChI=1S/C52H94NO9P/c1-6-8-10-12-14-16-18-20-21-22-23-24-25-26-27-29-31-33-35-37-39-43-52(56)62-50(48-61-63(57,58)60-46-45-53(3,4)5)47-59-51(55)44-40-42-49(54)41-38-36-34-32-30-28-19-17-15-13-11-9-7-2/h15,17,28,30,34,36,38,41,50H,6-14,16,18-27,29,31-33,35,37,39-40,42-48H2,1-5H3/p+1/b17-15-,30-28-,36-34-,41-38+/t50-/m1/s1. The van der Waals surface area contributed by atoms with E-state index in [1.165, 1.54) is 134 Å². The van der Waals surface area contributed by atoms with Gasteiger partial charge in [-0.25, -0.2) is 4.57 Å². The fraction of sp³-hybridized carbons (Fsp3) is 0.788. The van der Waals surface area contributed by atoms with Crippen LogP contribution in [0.1, 0.15) is 213 Å². The Morgan fingerprint density at radius 2 is 1.02 bits per heavy atom. The normalized spacial score (nSPS) is 13.7. The molecule has 10 nitrogen and oxygen atoms in total. The first-order valence-electron chi connectivity index (χ1n) is 25.3. The third-order valence-electron chi connectivity index (χ3n) is 10.8. The second-order valence-electron chi connectivity index (χ2n) is 18.2. The van der Waals surface area contributed by atoms with Crippen molar-refractivity contribution in [1.82, 2.24) is 0 Å². The Balaban J connectivity index is 4.40. The van der Waals surface area contributed by atoms with Crippen molar-refractivity contribution >= 4 is 25.5 Å². The van der Waals surface area contributed by atoms with Crippen molar-refractivity contribution in [2.24, 2.45) is 0 Å². The summed E-state index contributed by atoms with van der Waals surface area (Å²) in [5.74, 6) is -1.14. The van der Waals surface area contributed by atoms with Gasteiger partial charge in [0.2, 0.25) is 0 Å². The maximum Gasteiger partial charge on any atom is 0.472 e. The summed E-state index contributed by atoms with van der Waals surface area (Å²) in [5.41, 5.74) is 0. The van der Waals surface area contributed by atoms with Crippen LogP contribution in [0.15, 0.2) is 48.6 Å². The molecule has 0 fully saturated rings. The number of esters is 2. The van der Waals surface area contributed by atoms with E-state index in [0.717, 1.165) is 38.5 Å². The van der Waals surface area contributed by atoms with Gasteiger partial charge in [0, 0.05) is 19.3 Å². The predicted molar refractivity (Wildman–Crippen MR) is 262 cm³/mol. The van der Waals surface area contributed by atoms with Gasteiger partial charge in [-0.3, -0.25) is 23.4 Å². The number of unbranched alkanes of at least 4 members (excludes halogenated alkanes) is 23. The molecule has 0 radical (unpaired) electrons. The van der Waals surface area contributed by atoms with Crippen LogP contribution in [-0.2, 0) is 37.5 Å². The lowest BCUT2D eigenvalue weighted by molar-refractivity contribution is -0.870. The van der Waals surface area contributed by atoms with Crippen molar-refractivity contribution in [2.75, 3.05) is 47.5 Å². The first-order chi connectivity index (χ1) is 30.4. The van der Waals surface area contributed by atoms with Crippen molar-refractivity contribution in [3.05, 3.63) is 48.6 Å². The molecule has 0 rings (SSSR count). The SMILES string of the molecule is CCCCC/C=C\C/C=C\C/C=C\C=C\C(=O)CCCC(=O)OC[C@H](COP(=O)(O)OCC[N+](C)(C)C)OC(=O)CCCCCCCCCCCCCCCCCCCCCCC. The van der Waals surface area contributed by atoms with E-state index in [0.29, 0.717) is 23.9 Å². The van der Waals surface area contributed by atoms with E-state index in [1.807, 2.05) is 33.3 Å². The molecule has 2 atom stereocenters. The van der Waals surface area contributed by atoms with Crippen molar-refractivity contribution in [3.63, 3.8) is 0 Å². The Bertz CT molecular complexity index is 1270. The molecule has 0 bridgehead atoms. The Kier molecular flexibility index (Phi) is 41.9. The van der Waals surface area contributed by atoms with E-state index in [-0.39, 0.29) is 38.3 Å². The van der Waals surface area contributed by atoms with Crippen LogP contribution >= 0.6 is 7.82 Å². The average molecular weight is 909 g/mol. The van der Waals surface area contributed by atoms with E-state index in [9.17, 15) is 23.8 Å². The Morgan fingerprint density at radius 3 is 1.56 bits per heavy atom. The van der Waals surface area contributed by atoms with Crippen LogP contribution in [0.25, 0.3) is 0 Å². The maximum atomic E-state index is 12.8. The molecule has 0 heterocycles. The molecule has 1 N–H and O–H groups in total. The van der Waals surface area contributed by atoms with Gasteiger partial charge in [-0.05, 0) is 44.6 Å². The van der Waals surface area contributed by atoms with E-state index in [1.54, 1.807) is 6.08 Å². The van der Waals surface area contributed by atoms with E-state index >= 15 is 0 Å². The van der Waals surface area contributed by atoms with Gasteiger partial charge in [0.25, 0.3) is 0 Å². The minimum Gasteiger partial charge on any atom is -0.462 e. The molecular weight excluding hydrogens is 814 g/mol. The molecule has 0 amide bonds. The summed E-state index contributed by atoms with van der Waals surface area (Å²) in [4.78, 5) is 47.8. The highest BCUT2D eigenvalue weighted by Gasteiger charge is 2.27. The molecule has 366 valence electrons. The lowest BCUT2D eigenvalue weighted by atomic mass is 10.0. The number of carbonyl (C=O) groups is 3. The minimum atomic E-state index is -4.43. The monoisotopic (exact) mass is 909 g/mol. The van der Waals surface area contributed by atoms with Crippen LogP contribution in [0.5, 0.6) is 0 Å². The van der Waals surface area contributed by atoms with Crippen LogP contribution in [0.2, 0.25) is 0 Å². The van der Waals surface area contributed by atoms with Gasteiger partial charge in [0.05, 0.1) is 27.7 Å². The molecule has 0 aliphatic rings. The molecule has 0 aliphatic heterocycles. The zero-order valence-electron chi connectivity index (χ0n) is 41.1. The van der Waals surface area contributed by atoms with Gasteiger partial charge in [-0.15, -0.1) is 0 Å². The number of allylic oxidation sites excluding steroid dienone is 8. The van der Waals surface area contributed by atoms with Gasteiger partial charge in [-0.1, -0.05) is 198 Å². The molecule has 0 aromatic heterocycles. The van der Waals surface area contributed by atoms with Gasteiger partial charge in [0.15, 0.2) is 11.9 Å². The van der Waals surface area contributed by atoms with Gasteiger partial charge in [-0.2, -0.15) is 0 Å². The number of rotatable bonds is 46. The number of nitrogens with zero attached hydrogens (tertiary/aromatic N) is 1. The third-order valence-corrected chi connectivity index (χ3v) is 11.8. The minimum absolute atomic E-state index is 0.000878. The highest BCUT2D eigenvalue weighted by atomic mass is 31.2. The van der Waals surface area contributed by atoms with Crippen LogP contribution < -0.4 is 0 Å². The lowest BCUT2D eigenvalue weighted by Gasteiger charge is -2.24. The fourth-order valence-corrected chi connectivity index (χ4v) is 7.59. The first kappa shape index (κ1) is 60.6. The Hall–Kier alpha value is -2.36. The van der Waals surface area contributed by atoms with E-state index in [4.69, 9.17) is 18.5 Å². The fourth-order valence-electron chi connectivity index (χ4n) is 6.85. The quantitative estimate of drug-likeness (QED) is 0.0121. The molecule has 0 saturated carbocycles. The molecule has 0 aromatic carbocycles. The topological polar surface area (TPSA) is 125 Å². The predicted octanol–water partition coefficient (Wildman–Crippen LogP) is 14.2. The van der Waals surface area contributed by atoms with Crippen molar-refractivity contribution in [1.29, 1.82) is 0 Å². The molecule has 0 aliphatic carbocycles. The molecule has 0 spiro atoms. The number of phosphoric acid groups is 1. The van der Waals surface area contributed by atoms with Crippen molar-refractivity contribution < 1.29 is 46.8 Å². The number of ether oxygens (including phenoxy) is 2. The van der Waals surface area contributed by atoms with Crippen LogP contribution in [-0.4, -0.2) is 80.7 Å². The highest BCUT2D eigenvalue weighted by molar-refractivity contribution is 7.47. The first-order valence-corrected chi connectivity index (χ1v) is 26.8. The smallest absolute Gasteiger partial charge is 0.462 e. The summed E-state index contributed by atoms with van der Waals surface area (Å²) >= 11 is 0. The Morgan fingerprint density at radius 1 is 0.540 bits per heavy atom. The van der Waals surface area contributed by atoms with E-state index < -0.39 is 32.5 Å². The van der Waals surface area contributed by atoms with Gasteiger partial charge >= 0.3 is 19.8 Å². The van der Waals surface area contributed by atoms with Crippen LogP contribution in [0, 0.1) is 0 Å². The summed E-state index contributed by atoms with van der Waals surface area (Å²) in [6.45, 7) is 4.14. The summed E-state index contributed by atoms with van der Waals surface area (Å²) in [5, 5.41) is 0. The third kappa shape index (κ3) is 47.4. The van der Waals surface area contributed by atoms with Crippen molar-refractivity contribution in [3.8, 4) is 0 Å². The summed E-state index contributed by atoms with van der Waals surface area (Å²) in [6, 6.07) is 0. The zero-order chi connectivity index (χ0) is 46.5. The van der Waals surface area contributed by atoms with Gasteiger partial charge < -0.3 is 18.9 Å². The molecule has 1 unspecified atom stereocenters. The summed E-state index contributed by atoms with van der Waals surface area (Å²) < 4.78 is 34.2. The zero-order valence-corrected chi connectivity index (χ0v) is 41.9. The Labute approximate surface area is 386 Å². The maximum absolute atomic E-state index is 12.8. The molecule has 63 heavy (non-hydrogen) atoms. The number of quaternary nitrogens is 1. The van der Waals surface area contributed by atoms with Crippen LogP contribution in [0.3, 0.4) is 0 Å². The molecule has 11 heteroatoms. The molecule has 0 saturated heterocycles. The lowest BCUT2D eigenvalue weighted by Crippen LogP contribution is -2.37. The number of ketones is 1. The number of hydrogen-bond donors (Lipinski definition) is 1. The van der Waals surface area contributed by atoms with Crippen LogP contribution in [0.4, 0.5) is 0 Å². The number of phosphoric ester groups is 1. The van der Waals surface area contributed by atoms with E-state index in [2.05, 4.69) is 38.2 Å². The second-order valence-corrected chi connectivity index (χ2v) is 19.7. The van der Waals surface area contributed by atoms with Crippen molar-refractivity contribution in [2.45, 2.75) is 219 Å². The number of likely N-dealkylation sites (N-methyl/N-ethyl adjacent to an activating group) is 1. The molecular formula is C52H95NO9P+. The summed E-state index contributed by atoms with van der Waals surface area (Å²) in [6.07, 6.45) is 48.8. The van der Waals surface area contributed by atoms with Gasteiger partial charge in [0.1, 0.15) is 19.8 Å². The number of carbonyl (C=O) groups excluding carboxylic acids is 3.